The van der Waals surface area contributed by atoms with E-state index in [1.54, 1.807) is 24.3 Å². The van der Waals surface area contributed by atoms with Gasteiger partial charge in [-0.2, -0.15) is 13.2 Å². The van der Waals surface area contributed by atoms with Gasteiger partial charge in [-0.3, -0.25) is 0 Å². The zero-order valence-electron chi connectivity index (χ0n) is 8.32. The molecule has 0 fully saturated rings. The predicted molar refractivity (Wildman–Crippen MR) is 53.4 cm³/mol. The first-order valence-electron chi connectivity index (χ1n) is 4.77. The Kier molecular flexibility index (Phi) is 1.89. The second kappa shape index (κ2) is 3.19. The van der Waals surface area contributed by atoms with Crippen molar-refractivity contribution in [2.75, 3.05) is 0 Å². The molecule has 0 saturated carbocycles. The number of fused-ring (bicyclic) bond motifs is 3. The first-order valence-corrected chi connectivity index (χ1v) is 4.77. The van der Waals surface area contributed by atoms with Gasteiger partial charge in [-0.15, -0.1) is 10.2 Å². The van der Waals surface area contributed by atoms with Gasteiger partial charge in [-0.25, -0.2) is 0 Å². The maximum absolute atomic E-state index is 12.6. The molecule has 1 aromatic carbocycles. The summed E-state index contributed by atoms with van der Waals surface area (Å²) in [6.45, 7) is 0. The average Bonchev–Trinajstić information content (AvgIpc) is 2.72. The zero-order valence-corrected chi connectivity index (χ0v) is 8.32. The van der Waals surface area contributed by atoms with Crippen molar-refractivity contribution in [3.8, 4) is 11.3 Å². The minimum atomic E-state index is -4.52. The lowest BCUT2D eigenvalue weighted by atomic mass is 10.1. The van der Waals surface area contributed by atoms with E-state index in [1.807, 2.05) is 0 Å². The van der Waals surface area contributed by atoms with Crippen LogP contribution in [0.15, 0.2) is 34.9 Å². The van der Waals surface area contributed by atoms with E-state index < -0.39 is 11.9 Å². The molecule has 3 nitrogen and oxygen atoms in total. The van der Waals surface area contributed by atoms with E-state index in [0.29, 0.717) is 11.0 Å². The second-order valence-corrected chi connectivity index (χ2v) is 3.54. The summed E-state index contributed by atoms with van der Waals surface area (Å²) in [5, 5.41) is 7.29. The third-order valence-electron chi connectivity index (χ3n) is 2.47. The van der Waals surface area contributed by atoms with Crippen LogP contribution in [-0.2, 0) is 6.18 Å². The molecular formula is C11H5F3N2O. The Morgan fingerprint density at radius 1 is 1.06 bits per heavy atom. The van der Waals surface area contributed by atoms with Gasteiger partial charge in [-0.1, -0.05) is 12.1 Å². The largest absolute Gasteiger partial charge is 0.464 e. The Hall–Kier alpha value is -2.11. The van der Waals surface area contributed by atoms with Gasteiger partial charge in [-0.05, 0) is 12.1 Å². The van der Waals surface area contributed by atoms with Crippen LogP contribution in [0.1, 0.15) is 5.69 Å². The fraction of sp³-hybridized carbons (Fsp3) is 0.0909. The van der Waals surface area contributed by atoms with Crippen molar-refractivity contribution >= 4 is 11.0 Å². The number of nitrogens with zero attached hydrogens (tertiary/aromatic N) is 2. The zero-order chi connectivity index (χ0) is 12.0. The Labute approximate surface area is 93.2 Å². The van der Waals surface area contributed by atoms with Crippen LogP contribution in [0.4, 0.5) is 13.2 Å². The molecular weight excluding hydrogens is 233 g/mol. The summed E-state index contributed by atoms with van der Waals surface area (Å²) in [5.41, 5.74) is -0.439. The van der Waals surface area contributed by atoms with Gasteiger partial charge in [0.25, 0.3) is 0 Å². The fourth-order valence-electron chi connectivity index (χ4n) is 1.73. The molecule has 0 unspecified atom stereocenters. The summed E-state index contributed by atoms with van der Waals surface area (Å²) in [4.78, 5) is 0. The average molecular weight is 238 g/mol. The molecule has 0 spiro atoms. The maximum Gasteiger partial charge on any atom is 0.435 e. The molecule has 86 valence electrons. The summed E-state index contributed by atoms with van der Waals surface area (Å²) >= 11 is 0. The van der Waals surface area contributed by atoms with Crippen LogP contribution in [0, 0.1) is 0 Å². The summed E-state index contributed by atoms with van der Waals surface area (Å²) in [6, 6.07) is 6.75. The van der Waals surface area contributed by atoms with Crippen molar-refractivity contribution in [3.63, 3.8) is 0 Å². The van der Waals surface area contributed by atoms with Gasteiger partial charge < -0.3 is 4.42 Å². The van der Waals surface area contributed by atoms with Crippen LogP contribution in [-0.4, -0.2) is 10.2 Å². The highest BCUT2D eigenvalue weighted by molar-refractivity contribution is 5.92. The second-order valence-electron chi connectivity index (χ2n) is 3.54. The number of halogens is 3. The van der Waals surface area contributed by atoms with Crippen molar-refractivity contribution in [2.24, 2.45) is 0 Å². The first kappa shape index (κ1) is 10.1. The number of alkyl halides is 3. The highest BCUT2D eigenvalue weighted by Crippen LogP contribution is 2.39. The number of para-hydroxylation sites is 1. The Bertz CT molecular complexity index is 659. The molecule has 2 heterocycles. The SMILES string of the molecule is FC(F)(F)c1nnc2c3ccccc3occ1-2. The molecule has 3 rings (SSSR count). The van der Waals surface area contributed by atoms with Gasteiger partial charge in [0.05, 0.1) is 5.56 Å². The van der Waals surface area contributed by atoms with E-state index in [9.17, 15) is 13.2 Å². The van der Waals surface area contributed by atoms with E-state index in [1.165, 1.54) is 0 Å². The van der Waals surface area contributed by atoms with Crippen LogP contribution in [0.25, 0.3) is 22.2 Å². The fourth-order valence-corrected chi connectivity index (χ4v) is 1.73. The maximum atomic E-state index is 12.6. The molecule has 1 aromatic rings. The number of aromatic nitrogens is 2. The van der Waals surface area contributed by atoms with E-state index in [-0.39, 0.29) is 11.3 Å². The van der Waals surface area contributed by atoms with Crippen LogP contribution >= 0.6 is 0 Å². The normalized spacial score (nSPS) is 12.4. The lowest BCUT2D eigenvalue weighted by molar-refractivity contribution is -0.140. The van der Waals surface area contributed by atoms with Gasteiger partial charge >= 0.3 is 6.18 Å². The molecule has 0 aromatic heterocycles. The molecule has 6 heteroatoms. The van der Waals surface area contributed by atoms with Gasteiger partial charge in [0.1, 0.15) is 17.5 Å². The summed E-state index contributed by atoms with van der Waals surface area (Å²) in [5.74, 6) is 0. The van der Waals surface area contributed by atoms with E-state index in [4.69, 9.17) is 4.42 Å². The van der Waals surface area contributed by atoms with Crippen LogP contribution in [0.5, 0.6) is 0 Å². The molecule has 17 heavy (non-hydrogen) atoms. The third-order valence-corrected chi connectivity index (χ3v) is 2.47. The standard InChI is InChI=1S/C11H5F3N2O/c12-11(13,14)10-7-5-17-8-4-2-1-3-6(8)9(7)15-16-10/h1-5H. The van der Waals surface area contributed by atoms with Crippen molar-refractivity contribution < 1.29 is 17.6 Å². The molecule has 0 bridgehead atoms. The smallest absolute Gasteiger partial charge is 0.435 e. The molecule has 0 atom stereocenters. The van der Waals surface area contributed by atoms with E-state index >= 15 is 0 Å². The Morgan fingerprint density at radius 2 is 1.82 bits per heavy atom. The first-order chi connectivity index (χ1) is 8.07. The lowest BCUT2D eigenvalue weighted by Crippen LogP contribution is -2.06. The van der Waals surface area contributed by atoms with E-state index in [2.05, 4.69) is 10.2 Å². The number of benzene rings is 1. The summed E-state index contributed by atoms with van der Waals surface area (Å²) in [6.07, 6.45) is -3.48. The highest BCUT2D eigenvalue weighted by Gasteiger charge is 2.39. The lowest BCUT2D eigenvalue weighted by Gasteiger charge is -2.05. The molecule has 0 saturated heterocycles. The number of rotatable bonds is 0. The number of hydrogen-bond donors (Lipinski definition) is 0. The van der Waals surface area contributed by atoms with Crippen molar-refractivity contribution in [2.45, 2.75) is 6.18 Å². The molecule has 0 amide bonds. The molecule has 0 N–H and O–H groups in total. The van der Waals surface area contributed by atoms with E-state index in [0.717, 1.165) is 6.26 Å². The highest BCUT2D eigenvalue weighted by atomic mass is 19.4. The van der Waals surface area contributed by atoms with Crippen LogP contribution in [0.3, 0.4) is 0 Å². The summed E-state index contributed by atoms with van der Waals surface area (Å²) in [7, 11) is 0. The minimum Gasteiger partial charge on any atom is -0.464 e. The van der Waals surface area contributed by atoms with Crippen LogP contribution in [0.2, 0.25) is 0 Å². The molecule has 0 aliphatic carbocycles. The quantitative estimate of drug-likeness (QED) is 0.602. The Morgan fingerprint density at radius 3 is 2.59 bits per heavy atom. The topological polar surface area (TPSA) is 38.9 Å². The van der Waals surface area contributed by atoms with Crippen LogP contribution < -0.4 is 0 Å². The van der Waals surface area contributed by atoms with Gasteiger partial charge in [0.15, 0.2) is 5.69 Å². The summed E-state index contributed by atoms with van der Waals surface area (Å²) < 4.78 is 43.0. The minimum absolute atomic E-state index is 0.115. The molecule has 2 aliphatic heterocycles. The Balaban J connectivity index is 2.36. The van der Waals surface area contributed by atoms with Gasteiger partial charge in [0.2, 0.25) is 0 Å². The molecule has 2 aliphatic rings. The van der Waals surface area contributed by atoms with Gasteiger partial charge in [0, 0.05) is 5.39 Å². The molecule has 0 radical (unpaired) electrons. The van der Waals surface area contributed by atoms with Crippen molar-refractivity contribution in [1.29, 1.82) is 0 Å². The third kappa shape index (κ3) is 1.44. The predicted octanol–water partition coefficient (Wildman–Crippen LogP) is 3.35. The number of hydrogen-bond acceptors (Lipinski definition) is 3. The van der Waals surface area contributed by atoms with Crippen molar-refractivity contribution in [1.82, 2.24) is 10.2 Å². The monoisotopic (exact) mass is 238 g/mol. The van der Waals surface area contributed by atoms with Crippen molar-refractivity contribution in [3.05, 3.63) is 36.2 Å².